The third-order valence-electron chi connectivity index (χ3n) is 4.40. The van der Waals surface area contributed by atoms with Gasteiger partial charge in [0.15, 0.2) is 9.84 Å². The largest absolute Gasteiger partial charge is 0.378 e. The molecule has 0 spiro atoms. The van der Waals surface area contributed by atoms with Gasteiger partial charge in [-0.1, -0.05) is 13.0 Å². The van der Waals surface area contributed by atoms with Crippen molar-refractivity contribution >= 4 is 9.84 Å². The summed E-state index contributed by atoms with van der Waals surface area (Å²) < 4.78 is 29.5. The topological polar surface area (TPSA) is 72.6 Å². The van der Waals surface area contributed by atoms with E-state index in [1.165, 1.54) is 5.56 Å². The summed E-state index contributed by atoms with van der Waals surface area (Å²) in [5, 5.41) is 0. The molecule has 0 aromatic heterocycles. The van der Waals surface area contributed by atoms with E-state index in [0.717, 1.165) is 25.1 Å². The highest BCUT2D eigenvalue weighted by atomic mass is 32.2. The average molecular weight is 310 g/mol. The smallest absolute Gasteiger partial charge is 0.178 e. The van der Waals surface area contributed by atoms with Crippen LogP contribution >= 0.6 is 0 Å². The zero-order chi connectivity index (χ0) is 15.0. The summed E-state index contributed by atoms with van der Waals surface area (Å²) >= 11 is 0. The summed E-state index contributed by atoms with van der Waals surface area (Å²) in [4.78, 5) is 2.77. The van der Waals surface area contributed by atoms with Crippen molar-refractivity contribution in [1.29, 1.82) is 0 Å². The molecule has 0 radical (unpaired) electrons. The number of hydrogen-bond donors (Lipinski definition) is 1. The van der Waals surface area contributed by atoms with Crippen LogP contribution in [0.25, 0.3) is 0 Å². The lowest BCUT2D eigenvalue weighted by atomic mass is 10.1. The normalized spacial score (nSPS) is 26.8. The van der Waals surface area contributed by atoms with Crippen LogP contribution in [0.15, 0.2) is 23.1 Å². The van der Waals surface area contributed by atoms with Crippen LogP contribution in [0.2, 0.25) is 0 Å². The molecule has 0 amide bonds. The van der Waals surface area contributed by atoms with E-state index in [1.807, 2.05) is 12.1 Å². The lowest BCUT2D eigenvalue weighted by Gasteiger charge is -2.33. The van der Waals surface area contributed by atoms with Crippen molar-refractivity contribution in [2.24, 2.45) is 5.73 Å². The van der Waals surface area contributed by atoms with Crippen molar-refractivity contribution in [2.75, 3.05) is 19.0 Å². The van der Waals surface area contributed by atoms with Crippen LogP contribution in [0.4, 0.5) is 0 Å². The van der Waals surface area contributed by atoms with Gasteiger partial charge >= 0.3 is 0 Å². The molecule has 6 heteroatoms. The van der Waals surface area contributed by atoms with Gasteiger partial charge in [0.25, 0.3) is 0 Å². The molecule has 2 N–H and O–H groups in total. The third-order valence-corrected chi connectivity index (χ3v) is 6.13. The molecular weight excluding hydrogens is 288 g/mol. The predicted octanol–water partition coefficient (Wildman–Crippen LogP) is 0.912. The molecule has 5 nitrogen and oxygen atoms in total. The molecule has 0 aliphatic carbocycles. The minimum atomic E-state index is -3.13. The Morgan fingerprint density at radius 2 is 2.05 bits per heavy atom. The van der Waals surface area contributed by atoms with E-state index in [0.29, 0.717) is 24.2 Å². The summed E-state index contributed by atoms with van der Waals surface area (Å²) in [6.45, 7) is 4.65. The first-order valence-electron chi connectivity index (χ1n) is 7.41. The van der Waals surface area contributed by atoms with Crippen LogP contribution in [0, 0.1) is 0 Å². The third kappa shape index (κ3) is 2.99. The summed E-state index contributed by atoms with van der Waals surface area (Å²) in [7, 11) is -3.13. The van der Waals surface area contributed by atoms with Crippen LogP contribution in [-0.2, 0) is 27.7 Å². The van der Waals surface area contributed by atoms with Gasteiger partial charge in [-0.15, -0.1) is 0 Å². The highest BCUT2D eigenvalue weighted by Crippen LogP contribution is 2.29. The zero-order valence-corrected chi connectivity index (χ0v) is 13.1. The molecule has 1 aromatic rings. The average Bonchev–Trinajstić information content (AvgIpc) is 2.90. The number of nitrogens with two attached hydrogens (primary N) is 1. The summed E-state index contributed by atoms with van der Waals surface area (Å²) in [6.07, 6.45) is 0.939. The second-order valence-corrected chi connectivity index (χ2v) is 8.20. The molecule has 3 rings (SSSR count). The van der Waals surface area contributed by atoms with Crippen molar-refractivity contribution in [3.8, 4) is 0 Å². The fourth-order valence-corrected chi connectivity index (χ4v) is 4.04. The van der Waals surface area contributed by atoms with Crippen LogP contribution in [0.1, 0.15) is 24.5 Å². The maximum atomic E-state index is 12.0. The minimum absolute atomic E-state index is 0.100. The van der Waals surface area contributed by atoms with Gasteiger partial charge in [0, 0.05) is 25.2 Å². The highest BCUT2D eigenvalue weighted by molar-refractivity contribution is 7.91. The van der Waals surface area contributed by atoms with E-state index in [2.05, 4.69) is 4.90 Å². The maximum absolute atomic E-state index is 12.0. The molecule has 2 atom stereocenters. The fourth-order valence-electron chi connectivity index (χ4n) is 3.11. The van der Waals surface area contributed by atoms with Crippen molar-refractivity contribution in [2.45, 2.75) is 43.4 Å². The van der Waals surface area contributed by atoms with Crippen LogP contribution < -0.4 is 5.73 Å². The molecule has 1 saturated heterocycles. The number of fused-ring (bicyclic) bond motifs is 1. The molecule has 2 aliphatic rings. The van der Waals surface area contributed by atoms with Crippen molar-refractivity contribution in [1.82, 2.24) is 4.90 Å². The van der Waals surface area contributed by atoms with Gasteiger partial charge in [0.1, 0.15) is 0 Å². The first-order chi connectivity index (χ1) is 9.99. The Kier molecular flexibility index (Phi) is 4.05. The van der Waals surface area contributed by atoms with Crippen LogP contribution in [-0.4, -0.2) is 44.4 Å². The molecule has 116 valence electrons. The Labute approximate surface area is 126 Å². The first kappa shape index (κ1) is 15.0. The van der Waals surface area contributed by atoms with E-state index >= 15 is 0 Å². The van der Waals surface area contributed by atoms with Crippen molar-refractivity contribution in [3.63, 3.8) is 0 Å². The van der Waals surface area contributed by atoms with Gasteiger partial charge in [-0.2, -0.15) is 0 Å². The lowest BCUT2D eigenvalue weighted by molar-refractivity contribution is 0.00549. The number of rotatable bonds is 3. The minimum Gasteiger partial charge on any atom is -0.378 e. The summed E-state index contributed by atoms with van der Waals surface area (Å²) in [5.74, 6) is 0.140. The summed E-state index contributed by atoms with van der Waals surface area (Å²) in [5.41, 5.74) is 8.29. The molecule has 2 aliphatic heterocycles. The van der Waals surface area contributed by atoms with Gasteiger partial charge in [-0.05, 0) is 29.7 Å². The van der Waals surface area contributed by atoms with E-state index in [9.17, 15) is 8.42 Å². The van der Waals surface area contributed by atoms with E-state index in [-0.39, 0.29) is 11.8 Å². The summed E-state index contributed by atoms with van der Waals surface area (Å²) in [6, 6.07) is 5.93. The Bertz CT molecular complexity index is 630. The molecule has 21 heavy (non-hydrogen) atoms. The van der Waals surface area contributed by atoms with Crippen molar-refractivity contribution < 1.29 is 13.2 Å². The van der Waals surface area contributed by atoms with Gasteiger partial charge in [-0.25, -0.2) is 8.42 Å². The standard InChI is InChI=1S/C15H22N2O3S/c1-2-21(18,19)15-4-3-11-7-17(8-12(11)5-15)14-6-13(16)9-20-10-14/h3-5,13-14H,2,6-10,16H2,1H3/t13-,14+/m0/s1. The molecular formula is C15H22N2O3S. The van der Waals surface area contributed by atoms with Crippen LogP contribution in [0.5, 0.6) is 0 Å². The van der Waals surface area contributed by atoms with Gasteiger partial charge < -0.3 is 10.5 Å². The van der Waals surface area contributed by atoms with E-state index < -0.39 is 9.84 Å². The van der Waals surface area contributed by atoms with E-state index in [1.54, 1.807) is 13.0 Å². The quantitative estimate of drug-likeness (QED) is 0.898. The molecule has 0 unspecified atom stereocenters. The predicted molar refractivity (Wildman–Crippen MR) is 80.6 cm³/mol. The molecule has 0 saturated carbocycles. The molecule has 1 aromatic carbocycles. The SMILES string of the molecule is CCS(=O)(=O)c1ccc2c(c1)CN([C@H]1COC[C@@H](N)C1)C2. The maximum Gasteiger partial charge on any atom is 0.178 e. The van der Waals surface area contributed by atoms with Gasteiger partial charge in [-0.3, -0.25) is 4.90 Å². The number of ether oxygens (including phenoxy) is 1. The number of nitrogens with zero attached hydrogens (tertiary/aromatic N) is 1. The number of sulfone groups is 1. The zero-order valence-electron chi connectivity index (χ0n) is 12.3. The lowest BCUT2D eigenvalue weighted by Crippen LogP contribution is -2.46. The van der Waals surface area contributed by atoms with Crippen LogP contribution in [0.3, 0.4) is 0 Å². The van der Waals surface area contributed by atoms with Gasteiger partial charge in [0.05, 0.1) is 23.9 Å². The second kappa shape index (κ2) is 5.68. The Balaban J connectivity index is 1.78. The molecule has 2 heterocycles. The molecule has 1 fully saturated rings. The Hall–Kier alpha value is -0.950. The second-order valence-electron chi connectivity index (χ2n) is 5.93. The van der Waals surface area contributed by atoms with Crippen molar-refractivity contribution in [3.05, 3.63) is 29.3 Å². The Morgan fingerprint density at radius 1 is 1.29 bits per heavy atom. The fraction of sp³-hybridized carbons (Fsp3) is 0.600. The number of hydrogen-bond acceptors (Lipinski definition) is 5. The molecule has 0 bridgehead atoms. The van der Waals surface area contributed by atoms with E-state index in [4.69, 9.17) is 10.5 Å². The van der Waals surface area contributed by atoms with Gasteiger partial charge in [0.2, 0.25) is 0 Å². The highest BCUT2D eigenvalue weighted by Gasteiger charge is 2.30. The monoisotopic (exact) mass is 310 g/mol. The first-order valence-corrected chi connectivity index (χ1v) is 9.06. The number of benzene rings is 1. The Morgan fingerprint density at radius 3 is 2.76 bits per heavy atom.